The number of nitrogens with one attached hydrogen (secondary N) is 2. The Balaban J connectivity index is 3.04. The molecule has 0 aromatic heterocycles. The molecule has 0 saturated carbocycles. The molecule has 0 radical (unpaired) electrons. The molecule has 0 bridgehead atoms. The van der Waals surface area contributed by atoms with Crippen molar-refractivity contribution >= 4 is 48.2 Å². The zero-order chi connectivity index (χ0) is 27.3. The summed E-state index contributed by atoms with van der Waals surface area (Å²) in [5.74, 6) is -3.03. The van der Waals surface area contributed by atoms with Crippen LogP contribution in [0, 0.1) is 0 Å². The van der Waals surface area contributed by atoms with E-state index in [1.165, 1.54) is 4.90 Å². The van der Waals surface area contributed by atoms with E-state index in [2.05, 4.69) is 33.2 Å². The summed E-state index contributed by atoms with van der Waals surface area (Å²) in [5, 5.41) is 14.7. The molecule has 4 atom stereocenters. The molecule has 1 aliphatic heterocycles. The van der Waals surface area contributed by atoms with Gasteiger partial charge in [-0.25, -0.2) is 4.79 Å². The smallest absolute Gasteiger partial charge is 0.326 e. The first-order chi connectivity index (χ1) is 17.0. The molecule has 1 saturated heterocycles. The minimum Gasteiger partial charge on any atom is -0.480 e. The summed E-state index contributed by atoms with van der Waals surface area (Å²) in [4.78, 5) is 59.3. The summed E-state index contributed by atoms with van der Waals surface area (Å²) in [7, 11) is 0. The van der Waals surface area contributed by atoms with Gasteiger partial charge in [-0.1, -0.05) is 0 Å². The highest BCUT2D eigenvalue weighted by molar-refractivity contribution is 7.80. The van der Waals surface area contributed by atoms with E-state index in [-0.39, 0.29) is 50.1 Å². The fourth-order valence-electron chi connectivity index (χ4n) is 3.65. The van der Waals surface area contributed by atoms with Crippen molar-refractivity contribution in [3.63, 3.8) is 0 Å². The van der Waals surface area contributed by atoms with Gasteiger partial charge >= 0.3 is 5.97 Å². The number of rotatable bonds is 15. The first kappa shape index (κ1) is 30.8. The molecule has 0 aromatic carbocycles. The molecule has 1 fully saturated rings. The monoisotopic (exact) mass is 530 g/mol. The van der Waals surface area contributed by atoms with Crippen LogP contribution in [0.4, 0.5) is 0 Å². The Kier molecular flexibility index (Phi) is 13.4. The lowest BCUT2D eigenvalue weighted by Crippen LogP contribution is -2.57. The highest BCUT2D eigenvalue weighted by atomic mass is 32.1. The summed E-state index contributed by atoms with van der Waals surface area (Å²) >= 11 is 4.00. The maximum Gasteiger partial charge on any atom is 0.326 e. The number of nitrogens with zero attached hydrogens (tertiary/aromatic N) is 3. The van der Waals surface area contributed by atoms with Crippen LogP contribution in [0.2, 0.25) is 0 Å². The number of carbonyl (C=O) groups excluding carboxylic acids is 3. The Morgan fingerprint density at radius 2 is 1.47 bits per heavy atom. The molecular formula is C20H38N10O5S. The van der Waals surface area contributed by atoms with E-state index in [0.29, 0.717) is 25.7 Å². The number of guanidine groups is 2. The van der Waals surface area contributed by atoms with Crippen LogP contribution in [-0.2, 0) is 19.2 Å². The third kappa shape index (κ3) is 10.6. The van der Waals surface area contributed by atoms with Crippen LogP contribution in [0.15, 0.2) is 9.98 Å². The number of nitrogens with two attached hydrogens (primary N) is 5. The number of likely N-dealkylation sites (tertiary alicyclic amines) is 1. The lowest BCUT2D eigenvalue weighted by atomic mass is 10.1. The standard InChI is InChI=1S/C20H38N10O5S/c21-11(10-36)15(31)28-12(4-1-7-26-19(22)23)16(32)29-13(5-2-8-27-20(24)25)17(33)30-9-3-6-14(30)18(34)35/h11-14,36H,1-10,21H2,(H,28,31)(H,29,32)(H,34,35)(H4,22,23,26)(H4,24,25,27). The van der Waals surface area contributed by atoms with Crippen molar-refractivity contribution in [3.05, 3.63) is 0 Å². The number of amides is 3. The fourth-order valence-corrected chi connectivity index (χ4v) is 3.82. The van der Waals surface area contributed by atoms with Crippen LogP contribution in [0.1, 0.15) is 38.5 Å². The van der Waals surface area contributed by atoms with Gasteiger partial charge in [0, 0.05) is 25.4 Å². The number of hydrogen-bond acceptors (Lipinski definition) is 8. The molecule has 204 valence electrons. The number of hydrogen-bond donors (Lipinski definition) is 9. The normalized spacial score (nSPS) is 17.4. The average Bonchev–Trinajstić information content (AvgIpc) is 3.31. The highest BCUT2D eigenvalue weighted by Gasteiger charge is 2.38. The van der Waals surface area contributed by atoms with E-state index in [4.69, 9.17) is 28.7 Å². The molecular weight excluding hydrogens is 492 g/mol. The lowest BCUT2D eigenvalue weighted by Gasteiger charge is -2.29. The molecule has 3 amide bonds. The molecule has 36 heavy (non-hydrogen) atoms. The molecule has 0 aliphatic carbocycles. The molecule has 0 spiro atoms. The van der Waals surface area contributed by atoms with Gasteiger partial charge in [-0.15, -0.1) is 0 Å². The Bertz CT molecular complexity index is 832. The molecule has 16 heteroatoms. The lowest BCUT2D eigenvalue weighted by molar-refractivity contribution is -0.149. The first-order valence-corrected chi connectivity index (χ1v) is 12.2. The third-order valence-electron chi connectivity index (χ3n) is 5.49. The van der Waals surface area contributed by atoms with Crippen molar-refractivity contribution in [1.82, 2.24) is 15.5 Å². The number of aliphatic carboxylic acids is 1. The van der Waals surface area contributed by atoms with Crippen LogP contribution >= 0.6 is 12.6 Å². The van der Waals surface area contributed by atoms with Crippen molar-refractivity contribution in [3.8, 4) is 0 Å². The van der Waals surface area contributed by atoms with Crippen molar-refractivity contribution < 1.29 is 24.3 Å². The van der Waals surface area contributed by atoms with Crippen LogP contribution in [-0.4, -0.2) is 95.2 Å². The summed E-state index contributed by atoms with van der Waals surface area (Å²) in [6.45, 7) is 0.681. The van der Waals surface area contributed by atoms with E-state index in [0.717, 1.165) is 0 Å². The zero-order valence-electron chi connectivity index (χ0n) is 20.1. The Morgan fingerprint density at radius 1 is 0.944 bits per heavy atom. The molecule has 1 rings (SSSR count). The Hall–Kier alpha value is -3.27. The van der Waals surface area contributed by atoms with Crippen molar-refractivity contribution in [1.29, 1.82) is 0 Å². The van der Waals surface area contributed by atoms with Crippen LogP contribution in [0.5, 0.6) is 0 Å². The third-order valence-corrected chi connectivity index (χ3v) is 5.89. The van der Waals surface area contributed by atoms with Crippen LogP contribution in [0.25, 0.3) is 0 Å². The minimum absolute atomic E-state index is 0.0611. The average molecular weight is 531 g/mol. The first-order valence-electron chi connectivity index (χ1n) is 11.6. The predicted molar refractivity (Wildman–Crippen MR) is 138 cm³/mol. The van der Waals surface area contributed by atoms with Gasteiger partial charge in [0.15, 0.2) is 11.9 Å². The maximum atomic E-state index is 13.3. The fraction of sp³-hybridized carbons (Fsp3) is 0.700. The van der Waals surface area contributed by atoms with Gasteiger partial charge in [-0.3, -0.25) is 24.4 Å². The second-order valence-electron chi connectivity index (χ2n) is 8.34. The van der Waals surface area contributed by atoms with E-state index in [9.17, 15) is 24.3 Å². The van der Waals surface area contributed by atoms with Gasteiger partial charge in [0.25, 0.3) is 0 Å². The SMILES string of the molecule is NC(N)=NCCCC(NC(=O)C(N)CS)C(=O)NC(CCCN=C(N)N)C(=O)N1CCCC1C(=O)O. The second-order valence-corrected chi connectivity index (χ2v) is 8.70. The number of carboxylic acid groups (broad SMARTS) is 1. The summed E-state index contributed by atoms with van der Waals surface area (Å²) in [6.07, 6.45) is 1.84. The number of aliphatic imine (C=N–C) groups is 2. The van der Waals surface area contributed by atoms with E-state index in [1.54, 1.807) is 0 Å². The van der Waals surface area contributed by atoms with Gasteiger partial charge < -0.3 is 49.3 Å². The number of thiol groups is 1. The van der Waals surface area contributed by atoms with E-state index >= 15 is 0 Å². The van der Waals surface area contributed by atoms with Gasteiger partial charge in [0.1, 0.15) is 18.1 Å². The molecule has 13 N–H and O–H groups in total. The van der Waals surface area contributed by atoms with Crippen molar-refractivity contribution in [2.45, 2.75) is 62.7 Å². The topological polar surface area (TPSA) is 271 Å². The predicted octanol–water partition coefficient (Wildman–Crippen LogP) is -3.60. The molecule has 1 aliphatic rings. The molecule has 4 unspecified atom stereocenters. The van der Waals surface area contributed by atoms with Gasteiger partial charge in [-0.05, 0) is 38.5 Å². The van der Waals surface area contributed by atoms with Crippen LogP contribution < -0.4 is 39.3 Å². The molecule has 15 nitrogen and oxygen atoms in total. The number of carboxylic acids is 1. The van der Waals surface area contributed by atoms with Crippen molar-refractivity contribution in [2.24, 2.45) is 38.7 Å². The van der Waals surface area contributed by atoms with Gasteiger partial charge in [-0.2, -0.15) is 12.6 Å². The quantitative estimate of drug-likeness (QED) is 0.0434. The summed E-state index contributed by atoms with van der Waals surface area (Å²) in [6, 6.07) is -4.01. The van der Waals surface area contributed by atoms with Crippen LogP contribution in [0.3, 0.4) is 0 Å². The minimum atomic E-state index is -1.11. The zero-order valence-corrected chi connectivity index (χ0v) is 21.0. The molecule has 1 heterocycles. The molecule has 0 aromatic rings. The van der Waals surface area contributed by atoms with E-state index < -0.39 is 47.9 Å². The van der Waals surface area contributed by atoms with Gasteiger partial charge in [0.05, 0.1) is 6.04 Å². The second kappa shape index (κ2) is 15.7. The van der Waals surface area contributed by atoms with Gasteiger partial charge in [0.2, 0.25) is 17.7 Å². The summed E-state index contributed by atoms with van der Waals surface area (Å²) in [5.41, 5.74) is 27.0. The maximum absolute atomic E-state index is 13.3. The number of carbonyl (C=O) groups is 4. The Morgan fingerprint density at radius 3 is 1.97 bits per heavy atom. The summed E-state index contributed by atoms with van der Waals surface area (Å²) < 4.78 is 0. The largest absolute Gasteiger partial charge is 0.480 e. The Labute approximate surface area is 215 Å². The van der Waals surface area contributed by atoms with E-state index in [1.807, 2.05) is 0 Å². The highest BCUT2D eigenvalue weighted by Crippen LogP contribution is 2.20. The van der Waals surface area contributed by atoms with Crippen molar-refractivity contribution in [2.75, 3.05) is 25.4 Å².